The summed E-state index contributed by atoms with van der Waals surface area (Å²) >= 11 is 3.11. The maximum atomic E-state index is 13.1. The monoisotopic (exact) mass is 324 g/mol. The molecule has 0 bridgehead atoms. The maximum absolute atomic E-state index is 13.1. The molecule has 0 aliphatic rings. The van der Waals surface area contributed by atoms with E-state index in [4.69, 9.17) is 10.5 Å². The summed E-state index contributed by atoms with van der Waals surface area (Å²) in [6.45, 7) is 2.01. The van der Waals surface area contributed by atoms with Crippen molar-refractivity contribution in [2.24, 2.45) is 5.73 Å². The van der Waals surface area contributed by atoms with Gasteiger partial charge in [0.1, 0.15) is 17.3 Å². The Hall–Kier alpha value is -1.46. The first-order valence-electron chi connectivity index (χ1n) is 5.94. The number of rotatable bonds is 4. The first kappa shape index (κ1) is 14.0. The summed E-state index contributed by atoms with van der Waals surface area (Å²) in [5.41, 5.74) is 6.71. The van der Waals surface area contributed by atoms with E-state index in [1.165, 1.54) is 6.07 Å². The standard InChI is InChI=1S/C14H14BrFN2O/c1-2-13(17)14-6-4-10(8-18-14)19-9-3-5-12(16)11(15)7-9/h3-8,13H,2,17H2,1H3. The Labute approximate surface area is 119 Å². The summed E-state index contributed by atoms with van der Waals surface area (Å²) < 4.78 is 19.0. The van der Waals surface area contributed by atoms with E-state index < -0.39 is 0 Å². The van der Waals surface area contributed by atoms with Crippen LogP contribution in [0.2, 0.25) is 0 Å². The van der Waals surface area contributed by atoms with Crippen LogP contribution in [0, 0.1) is 5.82 Å². The molecule has 1 aromatic carbocycles. The molecule has 0 saturated carbocycles. The Morgan fingerprint density at radius 2 is 2.05 bits per heavy atom. The van der Waals surface area contributed by atoms with E-state index in [2.05, 4.69) is 20.9 Å². The van der Waals surface area contributed by atoms with Gasteiger partial charge in [-0.05, 0) is 52.7 Å². The zero-order valence-corrected chi connectivity index (χ0v) is 12.0. The normalized spacial score (nSPS) is 12.2. The summed E-state index contributed by atoms with van der Waals surface area (Å²) in [5.74, 6) is 0.808. The predicted molar refractivity (Wildman–Crippen MR) is 75.6 cm³/mol. The summed E-state index contributed by atoms with van der Waals surface area (Å²) in [6, 6.07) is 8.05. The molecule has 0 radical (unpaired) electrons. The highest BCUT2D eigenvalue weighted by molar-refractivity contribution is 9.10. The largest absolute Gasteiger partial charge is 0.456 e. The number of nitrogens with two attached hydrogens (primary N) is 1. The van der Waals surface area contributed by atoms with Crippen LogP contribution in [0.15, 0.2) is 41.0 Å². The van der Waals surface area contributed by atoms with Crippen LogP contribution in [0.1, 0.15) is 25.1 Å². The van der Waals surface area contributed by atoms with E-state index in [9.17, 15) is 4.39 Å². The Bertz CT molecular complexity index is 560. The third-order valence-electron chi connectivity index (χ3n) is 2.71. The topological polar surface area (TPSA) is 48.1 Å². The molecule has 5 heteroatoms. The Morgan fingerprint density at radius 3 is 2.63 bits per heavy atom. The minimum atomic E-state index is -0.324. The van der Waals surface area contributed by atoms with Crippen molar-refractivity contribution in [2.45, 2.75) is 19.4 Å². The van der Waals surface area contributed by atoms with E-state index in [-0.39, 0.29) is 11.9 Å². The van der Waals surface area contributed by atoms with Crippen molar-refractivity contribution < 1.29 is 9.13 Å². The van der Waals surface area contributed by atoms with Gasteiger partial charge in [0.15, 0.2) is 0 Å². The molecule has 0 saturated heterocycles. The second kappa shape index (κ2) is 6.12. The van der Waals surface area contributed by atoms with Crippen molar-refractivity contribution >= 4 is 15.9 Å². The lowest BCUT2D eigenvalue weighted by atomic mass is 10.1. The Balaban J connectivity index is 2.12. The van der Waals surface area contributed by atoms with Crippen LogP contribution < -0.4 is 10.5 Å². The number of hydrogen-bond acceptors (Lipinski definition) is 3. The number of halogens is 2. The molecule has 1 unspecified atom stereocenters. The molecular formula is C14H14BrFN2O. The number of benzene rings is 1. The number of ether oxygens (including phenoxy) is 1. The molecule has 0 aliphatic heterocycles. The lowest BCUT2D eigenvalue weighted by molar-refractivity contribution is 0.476. The van der Waals surface area contributed by atoms with Crippen molar-refractivity contribution in [1.82, 2.24) is 4.98 Å². The zero-order valence-electron chi connectivity index (χ0n) is 10.4. The SMILES string of the molecule is CCC(N)c1ccc(Oc2ccc(F)c(Br)c2)cn1. The quantitative estimate of drug-likeness (QED) is 0.917. The number of aromatic nitrogens is 1. The summed E-state index contributed by atoms with van der Waals surface area (Å²) in [4.78, 5) is 4.25. The second-order valence-electron chi connectivity index (χ2n) is 4.11. The molecule has 1 heterocycles. The van der Waals surface area contributed by atoms with Crippen molar-refractivity contribution in [2.75, 3.05) is 0 Å². The molecule has 2 aromatic rings. The molecule has 100 valence electrons. The van der Waals surface area contributed by atoms with Gasteiger partial charge in [0.25, 0.3) is 0 Å². The minimum absolute atomic E-state index is 0.0611. The summed E-state index contributed by atoms with van der Waals surface area (Å²) in [5, 5.41) is 0. The van der Waals surface area contributed by atoms with E-state index in [1.807, 2.05) is 13.0 Å². The maximum Gasteiger partial charge on any atom is 0.145 e. The smallest absolute Gasteiger partial charge is 0.145 e. The van der Waals surface area contributed by atoms with Crippen molar-refractivity contribution in [3.05, 3.63) is 52.5 Å². The molecule has 3 nitrogen and oxygen atoms in total. The van der Waals surface area contributed by atoms with Crippen LogP contribution in [-0.4, -0.2) is 4.98 Å². The predicted octanol–water partition coefficient (Wildman–Crippen LogP) is 4.19. The minimum Gasteiger partial charge on any atom is -0.456 e. The van der Waals surface area contributed by atoms with Crippen LogP contribution in [0.4, 0.5) is 4.39 Å². The Kier molecular flexibility index (Phi) is 4.50. The van der Waals surface area contributed by atoms with E-state index >= 15 is 0 Å². The average Bonchev–Trinajstić information content (AvgIpc) is 2.43. The molecule has 1 atom stereocenters. The summed E-state index contributed by atoms with van der Waals surface area (Å²) in [6.07, 6.45) is 2.44. The lowest BCUT2D eigenvalue weighted by Crippen LogP contribution is -2.10. The fourth-order valence-electron chi connectivity index (χ4n) is 1.56. The summed E-state index contributed by atoms with van der Waals surface area (Å²) in [7, 11) is 0. The van der Waals surface area contributed by atoms with Gasteiger partial charge in [-0.1, -0.05) is 6.92 Å². The highest BCUT2D eigenvalue weighted by Gasteiger charge is 2.06. The van der Waals surface area contributed by atoms with Crippen molar-refractivity contribution in [3.63, 3.8) is 0 Å². The number of pyridine rings is 1. The van der Waals surface area contributed by atoms with Gasteiger partial charge in [-0.25, -0.2) is 4.39 Å². The molecule has 2 N–H and O–H groups in total. The zero-order chi connectivity index (χ0) is 13.8. The first-order chi connectivity index (χ1) is 9.10. The van der Waals surface area contributed by atoms with E-state index in [0.29, 0.717) is 16.0 Å². The number of hydrogen-bond donors (Lipinski definition) is 1. The van der Waals surface area contributed by atoms with Crippen LogP contribution in [0.25, 0.3) is 0 Å². The van der Waals surface area contributed by atoms with Crippen molar-refractivity contribution in [1.29, 1.82) is 0 Å². The molecule has 1 aromatic heterocycles. The fraction of sp³-hybridized carbons (Fsp3) is 0.214. The van der Waals surface area contributed by atoms with Crippen LogP contribution in [0.5, 0.6) is 11.5 Å². The van der Waals surface area contributed by atoms with Crippen LogP contribution in [0.3, 0.4) is 0 Å². The molecule has 0 fully saturated rings. The van der Waals surface area contributed by atoms with Crippen LogP contribution in [-0.2, 0) is 0 Å². The molecule has 0 amide bonds. The van der Waals surface area contributed by atoms with Gasteiger partial charge >= 0.3 is 0 Å². The third-order valence-corrected chi connectivity index (χ3v) is 3.31. The van der Waals surface area contributed by atoms with Crippen LogP contribution >= 0.6 is 15.9 Å². The molecule has 0 spiro atoms. The molecule has 2 rings (SSSR count). The molecule has 19 heavy (non-hydrogen) atoms. The van der Waals surface area contributed by atoms with Gasteiger partial charge in [-0.3, -0.25) is 4.98 Å². The highest BCUT2D eigenvalue weighted by atomic mass is 79.9. The van der Waals surface area contributed by atoms with Gasteiger partial charge in [0.2, 0.25) is 0 Å². The fourth-order valence-corrected chi connectivity index (χ4v) is 1.91. The van der Waals surface area contributed by atoms with Gasteiger partial charge in [-0.2, -0.15) is 0 Å². The van der Waals surface area contributed by atoms with Crippen molar-refractivity contribution in [3.8, 4) is 11.5 Å². The van der Waals surface area contributed by atoms with E-state index in [0.717, 1.165) is 12.1 Å². The lowest BCUT2D eigenvalue weighted by Gasteiger charge is -2.10. The molecule has 0 aliphatic carbocycles. The molecular weight excluding hydrogens is 311 g/mol. The van der Waals surface area contributed by atoms with Gasteiger partial charge < -0.3 is 10.5 Å². The number of nitrogens with zero attached hydrogens (tertiary/aromatic N) is 1. The van der Waals surface area contributed by atoms with Gasteiger partial charge in [0, 0.05) is 6.04 Å². The van der Waals surface area contributed by atoms with E-state index in [1.54, 1.807) is 24.4 Å². The van der Waals surface area contributed by atoms with Gasteiger partial charge in [0.05, 0.1) is 16.4 Å². The average molecular weight is 325 g/mol. The first-order valence-corrected chi connectivity index (χ1v) is 6.74. The highest BCUT2D eigenvalue weighted by Crippen LogP contribution is 2.26. The third kappa shape index (κ3) is 3.52. The van der Waals surface area contributed by atoms with Gasteiger partial charge in [-0.15, -0.1) is 0 Å². The second-order valence-corrected chi connectivity index (χ2v) is 4.97. The Morgan fingerprint density at radius 1 is 1.32 bits per heavy atom.